The smallest absolute Gasteiger partial charge is 0.303 e. The van der Waals surface area contributed by atoms with E-state index in [0.29, 0.717) is 25.1 Å². The van der Waals surface area contributed by atoms with E-state index in [4.69, 9.17) is 9.84 Å². The van der Waals surface area contributed by atoms with Crippen molar-refractivity contribution in [3.05, 3.63) is 29.6 Å². The van der Waals surface area contributed by atoms with Gasteiger partial charge >= 0.3 is 5.97 Å². The Morgan fingerprint density at radius 3 is 2.90 bits per heavy atom. The molecule has 1 aromatic carbocycles. The number of benzene rings is 1. The molecular formula is C15H18FNO4. The number of hydrogen-bond donors (Lipinski definition) is 1. The third kappa shape index (κ3) is 3.71. The number of nitrogens with zero attached hydrogens (tertiary/aromatic N) is 1. The minimum atomic E-state index is -0.817. The zero-order chi connectivity index (χ0) is 15.4. The molecule has 1 aliphatic heterocycles. The van der Waals surface area contributed by atoms with Crippen LogP contribution in [0.15, 0.2) is 18.2 Å². The molecule has 0 radical (unpaired) electrons. The van der Waals surface area contributed by atoms with E-state index >= 15 is 0 Å². The second-order valence-corrected chi connectivity index (χ2v) is 5.19. The van der Waals surface area contributed by atoms with Gasteiger partial charge in [-0.1, -0.05) is 0 Å². The Morgan fingerprint density at radius 2 is 2.24 bits per heavy atom. The summed E-state index contributed by atoms with van der Waals surface area (Å²) in [6, 6.07) is 4.04. The van der Waals surface area contributed by atoms with E-state index < -0.39 is 11.8 Å². The van der Waals surface area contributed by atoms with E-state index in [9.17, 15) is 14.0 Å². The average Bonchev–Trinajstić information content (AvgIpc) is 2.93. The lowest BCUT2D eigenvalue weighted by molar-refractivity contribution is -0.137. The van der Waals surface area contributed by atoms with Crippen molar-refractivity contribution in [3.8, 4) is 5.75 Å². The van der Waals surface area contributed by atoms with Gasteiger partial charge in [-0.05, 0) is 37.0 Å². The maximum Gasteiger partial charge on any atom is 0.303 e. The summed E-state index contributed by atoms with van der Waals surface area (Å²) in [5.41, 5.74) is 0.382. The van der Waals surface area contributed by atoms with Crippen molar-refractivity contribution in [2.24, 2.45) is 5.92 Å². The topological polar surface area (TPSA) is 66.8 Å². The number of methoxy groups -OCH3 is 1. The van der Waals surface area contributed by atoms with Crippen LogP contribution in [-0.4, -0.2) is 42.1 Å². The van der Waals surface area contributed by atoms with Crippen LogP contribution in [0.4, 0.5) is 4.39 Å². The van der Waals surface area contributed by atoms with Crippen molar-refractivity contribution in [1.82, 2.24) is 4.90 Å². The second kappa shape index (κ2) is 6.56. The molecule has 1 atom stereocenters. The van der Waals surface area contributed by atoms with Gasteiger partial charge < -0.3 is 14.7 Å². The number of carboxylic acid groups (broad SMARTS) is 1. The van der Waals surface area contributed by atoms with Gasteiger partial charge in [-0.2, -0.15) is 0 Å². The summed E-state index contributed by atoms with van der Waals surface area (Å²) in [6.07, 6.45) is 1.50. The van der Waals surface area contributed by atoms with Crippen LogP contribution < -0.4 is 4.74 Å². The van der Waals surface area contributed by atoms with E-state index in [1.54, 1.807) is 4.90 Å². The number of likely N-dealkylation sites (tertiary alicyclic amines) is 1. The number of carbonyl (C=O) groups is 2. The van der Waals surface area contributed by atoms with Gasteiger partial charge in [0.1, 0.15) is 0 Å². The van der Waals surface area contributed by atoms with Crippen LogP contribution in [-0.2, 0) is 4.79 Å². The van der Waals surface area contributed by atoms with Crippen LogP contribution >= 0.6 is 0 Å². The summed E-state index contributed by atoms with van der Waals surface area (Å²) >= 11 is 0. The van der Waals surface area contributed by atoms with Crippen LogP contribution in [0.3, 0.4) is 0 Å². The highest BCUT2D eigenvalue weighted by atomic mass is 19.1. The van der Waals surface area contributed by atoms with Gasteiger partial charge in [-0.3, -0.25) is 9.59 Å². The fraction of sp³-hybridized carbons (Fsp3) is 0.467. The SMILES string of the molecule is COc1cc(C(=O)N2CCC(CCC(=O)O)C2)ccc1F. The van der Waals surface area contributed by atoms with Crippen LogP contribution in [0.1, 0.15) is 29.6 Å². The molecule has 1 N–H and O–H groups in total. The van der Waals surface area contributed by atoms with Crippen LogP contribution in [0.2, 0.25) is 0 Å². The monoisotopic (exact) mass is 295 g/mol. The highest BCUT2D eigenvalue weighted by Gasteiger charge is 2.27. The first kappa shape index (κ1) is 15.3. The van der Waals surface area contributed by atoms with Crippen molar-refractivity contribution in [2.75, 3.05) is 20.2 Å². The fourth-order valence-electron chi connectivity index (χ4n) is 2.56. The molecule has 2 rings (SSSR count). The Balaban J connectivity index is 1.99. The lowest BCUT2D eigenvalue weighted by atomic mass is 10.0. The minimum Gasteiger partial charge on any atom is -0.494 e. The lowest BCUT2D eigenvalue weighted by Crippen LogP contribution is -2.28. The third-order valence-corrected chi connectivity index (χ3v) is 3.74. The predicted molar refractivity (Wildman–Crippen MR) is 73.8 cm³/mol. The number of carbonyl (C=O) groups excluding carboxylic acids is 1. The minimum absolute atomic E-state index is 0.0440. The second-order valence-electron chi connectivity index (χ2n) is 5.19. The Morgan fingerprint density at radius 1 is 1.48 bits per heavy atom. The van der Waals surface area contributed by atoms with E-state index in [-0.39, 0.29) is 24.0 Å². The van der Waals surface area contributed by atoms with E-state index in [0.717, 1.165) is 6.42 Å². The molecule has 1 aliphatic rings. The molecule has 1 unspecified atom stereocenters. The molecule has 1 heterocycles. The van der Waals surface area contributed by atoms with Crippen molar-refractivity contribution < 1.29 is 23.8 Å². The van der Waals surface area contributed by atoms with Crippen molar-refractivity contribution in [1.29, 1.82) is 0 Å². The quantitative estimate of drug-likeness (QED) is 0.904. The number of aliphatic carboxylic acids is 1. The Labute approximate surface area is 122 Å². The summed E-state index contributed by atoms with van der Waals surface area (Å²) in [4.78, 5) is 24.6. The fourth-order valence-corrected chi connectivity index (χ4v) is 2.56. The van der Waals surface area contributed by atoms with Crippen LogP contribution in [0, 0.1) is 11.7 Å². The molecule has 114 valence electrons. The number of halogens is 1. The molecule has 0 spiro atoms. The van der Waals surface area contributed by atoms with Gasteiger partial charge in [0, 0.05) is 25.1 Å². The average molecular weight is 295 g/mol. The van der Waals surface area contributed by atoms with Gasteiger partial charge in [0.15, 0.2) is 11.6 Å². The first-order valence-electron chi connectivity index (χ1n) is 6.86. The van der Waals surface area contributed by atoms with Gasteiger partial charge in [0.25, 0.3) is 5.91 Å². The van der Waals surface area contributed by atoms with Crippen molar-refractivity contribution in [3.63, 3.8) is 0 Å². The van der Waals surface area contributed by atoms with Crippen LogP contribution in [0.5, 0.6) is 5.75 Å². The van der Waals surface area contributed by atoms with Gasteiger partial charge in [0.05, 0.1) is 7.11 Å². The standard InChI is InChI=1S/C15H18FNO4/c1-21-13-8-11(3-4-12(13)16)15(20)17-7-6-10(9-17)2-5-14(18)19/h3-4,8,10H,2,5-7,9H2,1H3,(H,18,19). The van der Waals surface area contributed by atoms with E-state index in [1.165, 1.54) is 25.3 Å². The maximum absolute atomic E-state index is 13.3. The largest absolute Gasteiger partial charge is 0.494 e. The summed E-state index contributed by atoms with van der Waals surface area (Å²) < 4.78 is 18.2. The van der Waals surface area contributed by atoms with Gasteiger partial charge in [-0.25, -0.2) is 4.39 Å². The zero-order valence-electron chi connectivity index (χ0n) is 11.8. The molecule has 0 saturated carbocycles. The van der Waals surface area contributed by atoms with Crippen molar-refractivity contribution >= 4 is 11.9 Å². The summed E-state index contributed by atoms with van der Waals surface area (Å²) in [6.45, 7) is 1.15. The lowest BCUT2D eigenvalue weighted by Gasteiger charge is -2.17. The molecule has 6 heteroatoms. The highest BCUT2D eigenvalue weighted by molar-refractivity contribution is 5.94. The highest BCUT2D eigenvalue weighted by Crippen LogP contribution is 2.24. The number of amides is 1. The Bertz CT molecular complexity index is 546. The predicted octanol–water partition coefficient (Wildman–Crippen LogP) is 2.16. The Kier molecular flexibility index (Phi) is 4.77. The first-order chi connectivity index (χ1) is 10.0. The summed E-state index contributed by atoms with van der Waals surface area (Å²) in [5, 5.41) is 8.68. The van der Waals surface area contributed by atoms with Crippen LogP contribution in [0.25, 0.3) is 0 Å². The van der Waals surface area contributed by atoms with Gasteiger partial charge in [0.2, 0.25) is 0 Å². The molecular weight excluding hydrogens is 277 g/mol. The molecule has 0 aromatic heterocycles. The van der Waals surface area contributed by atoms with E-state index in [1.807, 2.05) is 0 Å². The molecule has 5 nitrogen and oxygen atoms in total. The van der Waals surface area contributed by atoms with Gasteiger partial charge in [-0.15, -0.1) is 0 Å². The Hall–Kier alpha value is -2.11. The number of hydrogen-bond acceptors (Lipinski definition) is 3. The number of carboxylic acids is 1. The van der Waals surface area contributed by atoms with E-state index in [2.05, 4.69) is 0 Å². The first-order valence-corrected chi connectivity index (χ1v) is 6.86. The molecule has 0 aliphatic carbocycles. The molecule has 1 amide bonds. The number of rotatable bonds is 5. The zero-order valence-corrected chi connectivity index (χ0v) is 11.8. The molecule has 0 bridgehead atoms. The number of ether oxygens (including phenoxy) is 1. The molecule has 21 heavy (non-hydrogen) atoms. The summed E-state index contributed by atoms with van der Waals surface area (Å²) in [5.74, 6) is -1.24. The third-order valence-electron chi connectivity index (χ3n) is 3.74. The molecule has 1 fully saturated rings. The normalized spacial score (nSPS) is 17.8. The molecule has 1 aromatic rings. The van der Waals surface area contributed by atoms with Crippen molar-refractivity contribution in [2.45, 2.75) is 19.3 Å². The molecule has 1 saturated heterocycles. The summed E-state index contributed by atoms with van der Waals surface area (Å²) in [7, 11) is 1.35. The maximum atomic E-state index is 13.3.